The van der Waals surface area contributed by atoms with Gasteiger partial charge in [-0.05, 0) is 19.4 Å². The highest BCUT2D eigenvalue weighted by molar-refractivity contribution is 5.87. The summed E-state index contributed by atoms with van der Waals surface area (Å²) in [4.78, 5) is 11.1. The number of carbonyl (C=O) groups excluding carboxylic acids is 1. The molecule has 0 saturated carbocycles. The number of hydrogen-bond acceptors (Lipinski definition) is 3. The Hall–Kier alpha value is -0.870. The maximum Gasteiger partial charge on any atom is 0.244 e. The second kappa shape index (κ2) is 4.99. The largest absolute Gasteiger partial charge is 0.391 e. The number of allylic oxidation sites excluding steroid dienone is 1. The van der Waals surface area contributed by atoms with Crippen LogP contribution in [0, 0.1) is 0 Å². The number of ether oxygens (including phenoxy) is 1. The molecule has 4 heteroatoms. The van der Waals surface area contributed by atoms with Crippen molar-refractivity contribution in [3.63, 3.8) is 0 Å². The molecule has 0 spiro atoms. The van der Waals surface area contributed by atoms with Gasteiger partial charge in [-0.1, -0.05) is 6.08 Å². The Morgan fingerprint density at radius 2 is 2.46 bits per heavy atom. The van der Waals surface area contributed by atoms with E-state index in [1.165, 1.54) is 6.08 Å². The van der Waals surface area contributed by atoms with Crippen LogP contribution < -0.4 is 5.32 Å². The summed E-state index contributed by atoms with van der Waals surface area (Å²) in [5, 5.41) is 12.1. The standard InChI is InChI=1S/C9H15NO3/c1-2-3-9(12)10-7-6-13-5-4-8(7)11/h2-3,7-8,11H,4-6H2,1H3,(H,10,12)/b3-2+/t7-,8-/m0/s1. The molecule has 74 valence electrons. The van der Waals surface area contributed by atoms with Crippen LogP contribution in [0.1, 0.15) is 13.3 Å². The second-order valence-electron chi connectivity index (χ2n) is 3.05. The lowest BCUT2D eigenvalue weighted by Gasteiger charge is -2.27. The van der Waals surface area contributed by atoms with E-state index in [0.717, 1.165) is 0 Å². The molecule has 0 aromatic rings. The minimum atomic E-state index is -0.483. The predicted octanol–water partition coefficient (Wildman–Crippen LogP) is -0.172. The van der Waals surface area contributed by atoms with Gasteiger partial charge < -0.3 is 15.2 Å². The average Bonchev–Trinajstić information content (AvgIpc) is 2.09. The summed E-state index contributed by atoms with van der Waals surface area (Å²) in [6, 6.07) is -0.266. The van der Waals surface area contributed by atoms with Crippen molar-refractivity contribution in [1.82, 2.24) is 5.32 Å². The van der Waals surface area contributed by atoms with Gasteiger partial charge in [0, 0.05) is 6.61 Å². The van der Waals surface area contributed by atoms with Crippen LogP contribution >= 0.6 is 0 Å². The highest BCUT2D eigenvalue weighted by atomic mass is 16.5. The molecule has 0 aliphatic carbocycles. The zero-order valence-electron chi connectivity index (χ0n) is 7.69. The van der Waals surface area contributed by atoms with Gasteiger partial charge in [0.25, 0.3) is 0 Å². The van der Waals surface area contributed by atoms with Gasteiger partial charge in [-0.3, -0.25) is 4.79 Å². The quantitative estimate of drug-likeness (QED) is 0.587. The molecule has 0 bridgehead atoms. The van der Waals surface area contributed by atoms with Gasteiger partial charge in [-0.2, -0.15) is 0 Å². The second-order valence-corrected chi connectivity index (χ2v) is 3.05. The minimum absolute atomic E-state index is 0.183. The van der Waals surface area contributed by atoms with Crippen molar-refractivity contribution in [3.8, 4) is 0 Å². The van der Waals surface area contributed by atoms with Gasteiger partial charge in [-0.15, -0.1) is 0 Å². The Morgan fingerprint density at radius 1 is 1.69 bits per heavy atom. The fraction of sp³-hybridized carbons (Fsp3) is 0.667. The minimum Gasteiger partial charge on any atom is -0.391 e. The number of hydrogen-bond donors (Lipinski definition) is 2. The maximum absolute atomic E-state index is 11.1. The number of nitrogens with one attached hydrogen (secondary N) is 1. The molecule has 2 N–H and O–H groups in total. The molecule has 1 heterocycles. The highest BCUT2D eigenvalue weighted by Crippen LogP contribution is 2.06. The lowest BCUT2D eigenvalue weighted by Crippen LogP contribution is -2.49. The topological polar surface area (TPSA) is 58.6 Å². The summed E-state index contributed by atoms with van der Waals surface area (Å²) in [5.74, 6) is -0.183. The van der Waals surface area contributed by atoms with Crippen molar-refractivity contribution < 1.29 is 14.6 Å². The first-order valence-corrected chi connectivity index (χ1v) is 4.43. The van der Waals surface area contributed by atoms with E-state index >= 15 is 0 Å². The third kappa shape index (κ3) is 3.16. The molecule has 1 rings (SSSR count). The van der Waals surface area contributed by atoms with Gasteiger partial charge in [-0.25, -0.2) is 0 Å². The highest BCUT2D eigenvalue weighted by Gasteiger charge is 2.24. The van der Waals surface area contributed by atoms with Crippen LogP contribution in [0.2, 0.25) is 0 Å². The van der Waals surface area contributed by atoms with Crippen LogP contribution in [0.5, 0.6) is 0 Å². The molecule has 1 aliphatic heterocycles. The summed E-state index contributed by atoms with van der Waals surface area (Å²) < 4.78 is 5.13. The number of carbonyl (C=O) groups is 1. The van der Waals surface area contributed by atoms with Crippen LogP contribution in [0.15, 0.2) is 12.2 Å². The molecule has 1 amide bonds. The molecule has 0 unspecified atom stereocenters. The molecule has 0 radical (unpaired) electrons. The Morgan fingerprint density at radius 3 is 3.08 bits per heavy atom. The zero-order valence-corrected chi connectivity index (χ0v) is 7.69. The van der Waals surface area contributed by atoms with Crippen molar-refractivity contribution in [2.45, 2.75) is 25.5 Å². The van der Waals surface area contributed by atoms with Crippen molar-refractivity contribution in [3.05, 3.63) is 12.2 Å². The molecule has 1 aliphatic rings. The van der Waals surface area contributed by atoms with Crippen LogP contribution in [-0.4, -0.2) is 36.4 Å². The number of amides is 1. The van der Waals surface area contributed by atoms with E-state index in [9.17, 15) is 9.90 Å². The molecular weight excluding hydrogens is 170 g/mol. The molecule has 1 saturated heterocycles. The zero-order chi connectivity index (χ0) is 9.68. The normalized spacial score (nSPS) is 29.1. The van der Waals surface area contributed by atoms with Gasteiger partial charge in [0.05, 0.1) is 18.8 Å². The third-order valence-electron chi connectivity index (χ3n) is 1.97. The monoisotopic (exact) mass is 185 g/mol. The first-order chi connectivity index (χ1) is 6.24. The average molecular weight is 185 g/mol. The molecule has 1 fully saturated rings. The van der Waals surface area contributed by atoms with Crippen LogP contribution in [0.25, 0.3) is 0 Å². The van der Waals surface area contributed by atoms with E-state index in [1.807, 2.05) is 0 Å². The van der Waals surface area contributed by atoms with Crippen LogP contribution in [0.4, 0.5) is 0 Å². The smallest absolute Gasteiger partial charge is 0.244 e. The van der Waals surface area contributed by atoms with Gasteiger partial charge in [0.2, 0.25) is 5.91 Å². The van der Waals surface area contributed by atoms with E-state index in [1.54, 1.807) is 13.0 Å². The number of aliphatic hydroxyl groups excluding tert-OH is 1. The van der Waals surface area contributed by atoms with Crippen molar-refractivity contribution in [2.24, 2.45) is 0 Å². The van der Waals surface area contributed by atoms with Crippen LogP contribution in [-0.2, 0) is 9.53 Å². The van der Waals surface area contributed by atoms with Gasteiger partial charge >= 0.3 is 0 Å². The number of rotatable bonds is 2. The van der Waals surface area contributed by atoms with Crippen molar-refractivity contribution in [2.75, 3.05) is 13.2 Å². The maximum atomic E-state index is 11.1. The number of aliphatic hydroxyl groups is 1. The lowest BCUT2D eigenvalue weighted by atomic mass is 10.1. The van der Waals surface area contributed by atoms with Gasteiger partial charge in [0.1, 0.15) is 0 Å². The molecule has 0 aromatic heterocycles. The van der Waals surface area contributed by atoms with Crippen LogP contribution in [0.3, 0.4) is 0 Å². The van der Waals surface area contributed by atoms with E-state index in [4.69, 9.17) is 4.74 Å². The molecule has 2 atom stereocenters. The Labute approximate surface area is 77.6 Å². The van der Waals surface area contributed by atoms with E-state index in [-0.39, 0.29) is 11.9 Å². The Kier molecular flexibility index (Phi) is 3.92. The Balaban J connectivity index is 2.37. The first-order valence-electron chi connectivity index (χ1n) is 4.43. The van der Waals surface area contributed by atoms with E-state index in [0.29, 0.717) is 19.6 Å². The SMILES string of the molecule is C/C=C/C(=O)N[C@H]1COCC[C@@H]1O. The molecule has 4 nitrogen and oxygen atoms in total. The fourth-order valence-corrected chi connectivity index (χ4v) is 1.25. The lowest BCUT2D eigenvalue weighted by molar-refractivity contribution is -0.120. The summed E-state index contributed by atoms with van der Waals surface area (Å²) in [6.07, 6.45) is 3.19. The molecule has 13 heavy (non-hydrogen) atoms. The van der Waals surface area contributed by atoms with E-state index < -0.39 is 6.10 Å². The Bertz CT molecular complexity index is 203. The summed E-state index contributed by atoms with van der Waals surface area (Å²) >= 11 is 0. The molecular formula is C9H15NO3. The van der Waals surface area contributed by atoms with Crippen molar-refractivity contribution >= 4 is 5.91 Å². The predicted molar refractivity (Wildman–Crippen MR) is 48.2 cm³/mol. The molecule has 0 aromatic carbocycles. The van der Waals surface area contributed by atoms with E-state index in [2.05, 4.69) is 5.32 Å². The third-order valence-corrected chi connectivity index (χ3v) is 1.97. The van der Waals surface area contributed by atoms with Crippen molar-refractivity contribution in [1.29, 1.82) is 0 Å². The summed E-state index contributed by atoms with van der Waals surface area (Å²) in [6.45, 7) is 2.73. The van der Waals surface area contributed by atoms with Gasteiger partial charge in [0.15, 0.2) is 0 Å². The first kappa shape index (κ1) is 10.2. The summed E-state index contributed by atoms with van der Waals surface area (Å²) in [7, 11) is 0. The summed E-state index contributed by atoms with van der Waals surface area (Å²) in [5.41, 5.74) is 0. The fourth-order valence-electron chi connectivity index (χ4n) is 1.25.